The Bertz CT molecular complexity index is 458. The lowest BCUT2D eigenvalue weighted by atomic mass is 10.0. The first-order chi connectivity index (χ1) is 8.52. The molecule has 0 bridgehead atoms. The second-order valence-corrected chi connectivity index (χ2v) is 5.54. The van der Waals surface area contributed by atoms with Gasteiger partial charge in [0.1, 0.15) is 5.82 Å². The van der Waals surface area contributed by atoms with Crippen LogP contribution in [0.2, 0.25) is 0 Å². The molecule has 1 aliphatic rings. The standard InChI is InChI=1S/C13H15BrFNO2/c1-13(6-3-7-18-13)8-16-12(17)9-4-2-5-10(14)11(9)15/h2,4-5H,3,6-8H2,1H3,(H,16,17). The van der Waals surface area contributed by atoms with Crippen LogP contribution in [-0.4, -0.2) is 24.7 Å². The van der Waals surface area contributed by atoms with Crippen LogP contribution in [-0.2, 0) is 4.74 Å². The lowest BCUT2D eigenvalue weighted by Crippen LogP contribution is -2.40. The van der Waals surface area contributed by atoms with Gasteiger partial charge in [0.15, 0.2) is 0 Å². The molecule has 1 aromatic carbocycles. The highest BCUT2D eigenvalue weighted by molar-refractivity contribution is 9.10. The van der Waals surface area contributed by atoms with Gasteiger partial charge in [-0.05, 0) is 47.8 Å². The number of carbonyl (C=O) groups excluding carboxylic acids is 1. The third kappa shape index (κ3) is 2.90. The van der Waals surface area contributed by atoms with Crippen molar-refractivity contribution in [3.63, 3.8) is 0 Å². The number of hydrogen-bond donors (Lipinski definition) is 1. The van der Waals surface area contributed by atoms with Gasteiger partial charge in [0.2, 0.25) is 0 Å². The molecular weight excluding hydrogens is 301 g/mol. The summed E-state index contributed by atoms with van der Waals surface area (Å²) in [6.07, 6.45) is 1.91. The molecule has 1 amide bonds. The van der Waals surface area contributed by atoms with E-state index >= 15 is 0 Å². The molecule has 0 aromatic heterocycles. The molecule has 18 heavy (non-hydrogen) atoms. The Morgan fingerprint density at radius 3 is 3.06 bits per heavy atom. The maximum atomic E-state index is 13.7. The van der Waals surface area contributed by atoms with E-state index in [1.165, 1.54) is 6.07 Å². The molecule has 2 rings (SSSR count). The third-order valence-electron chi connectivity index (χ3n) is 3.12. The topological polar surface area (TPSA) is 38.3 Å². The Kier molecular flexibility index (Phi) is 4.02. The molecule has 1 aliphatic heterocycles. The molecule has 1 saturated heterocycles. The van der Waals surface area contributed by atoms with Gasteiger partial charge in [-0.3, -0.25) is 4.79 Å². The van der Waals surface area contributed by atoms with Crippen LogP contribution in [0.15, 0.2) is 22.7 Å². The van der Waals surface area contributed by atoms with Crippen molar-refractivity contribution in [2.75, 3.05) is 13.2 Å². The van der Waals surface area contributed by atoms with Gasteiger partial charge in [-0.15, -0.1) is 0 Å². The fourth-order valence-electron chi connectivity index (χ4n) is 2.02. The van der Waals surface area contributed by atoms with Gasteiger partial charge in [-0.25, -0.2) is 4.39 Å². The summed E-state index contributed by atoms with van der Waals surface area (Å²) in [5.41, 5.74) is -0.274. The minimum absolute atomic E-state index is 0.0472. The van der Waals surface area contributed by atoms with Crippen LogP contribution in [0.4, 0.5) is 4.39 Å². The summed E-state index contributed by atoms with van der Waals surface area (Å²) in [5, 5.41) is 2.72. The molecule has 3 nitrogen and oxygen atoms in total. The number of nitrogens with one attached hydrogen (secondary N) is 1. The maximum absolute atomic E-state index is 13.7. The van der Waals surface area contributed by atoms with Crippen molar-refractivity contribution in [2.24, 2.45) is 0 Å². The molecule has 0 aliphatic carbocycles. The predicted octanol–water partition coefficient (Wildman–Crippen LogP) is 2.89. The molecule has 5 heteroatoms. The Morgan fingerprint density at radius 2 is 2.39 bits per heavy atom. The molecule has 1 aromatic rings. The van der Waals surface area contributed by atoms with Crippen molar-refractivity contribution in [3.8, 4) is 0 Å². The smallest absolute Gasteiger partial charge is 0.254 e. The summed E-state index contributed by atoms with van der Waals surface area (Å²) in [6, 6.07) is 4.66. The number of carbonyl (C=O) groups is 1. The van der Waals surface area contributed by atoms with Gasteiger partial charge in [0.05, 0.1) is 15.6 Å². The highest BCUT2D eigenvalue weighted by Crippen LogP contribution is 2.24. The first-order valence-electron chi connectivity index (χ1n) is 5.88. The lowest BCUT2D eigenvalue weighted by Gasteiger charge is -2.23. The van der Waals surface area contributed by atoms with E-state index in [0.717, 1.165) is 19.4 Å². The fraction of sp³-hybridized carbons (Fsp3) is 0.462. The van der Waals surface area contributed by atoms with Crippen molar-refractivity contribution in [2.45, 2.75) is 25.4 Å². The Labute approximate surface area is 114 Å². The largest absolute Gasteiger partial charge is 0.373 e. The summed E-state index contributed by atoms with van der Waals surface area (Å²) < 4.78 is 19.6. The summed E-state index contributed by atoms with van der Waals surface area (Å²) in [5.74, 6) is -0.946. The Balaban J connectivity index is 2.01. The normalized spacial score (nSPS) is 23.1. The molecule has 1 heterocycles. The molecule has 0 saturated carbocycles. The molecular formula is C13H15BrFNO2. The fourth-order valence-corrected chi connectivity index (χ4v) is 2.38. The lowest BCUT2D eigenvalue weighted by molar-refractivity contribution is 0.0205. The van der Waals surface area contributed by atoms with Gasteiger partial charge in [0.25, 0.3) is 5.91 Å². The van der Waals surface area contributed by atoms with E-state index < -0.39 is 11.7 Å². The number of ether oxygens (including phenoxy) is 1. The second-order valence-electron chi connectivity index (χ2n) is 4.69. The summed E-state index contributed by atoms with van der Waals surface area (Å²) >= 11 is 3.06. The quantitative estimate of drug-likeness (QED) is 0.931. The van der Waals surface area contributed by atoms with Gasteiger partial charge < -0.3 is 10.1 Å². The van der Waals surface area contributed by atoms with Crippen molar-refractivity contribution in [1.29, 1.82) is 0 Å². The zero-order chi connectivity index (χ0) is 13.2. The third-order valence-corrected chi connectivity index (χ3v) is 3.73. The van der Waals surface area contributed by atoms with Crippen LogP contribution in [0.5, 0.6) is 0 Å². The van der Waals surface area contributed by atoms with Crippen molar-refractivity contribution < 1.29 is 13.9 Å². The number of rotatable bonds is 3. The van der Waals surface area contributed by atoms with Crippen LogP contribution in [0, 0.1) is 5.82 Å². The van der Waals surface area contributed by atoms with Gasteiger partial charge in [-0.2, -0.15) is 0 Å². The zero-order valence-corrected chi connectivity index (χ0v) is 11.7. The van der Waals surface area contributed by atoms with Crippen LogP contribution >= 0.6 is 15.9 Å². The zero-order valence-electron chi connectivity index (χ0n) is 10.1. The SMILES string of the molecule is CC1(CNC(=O)c2cccc(Br)c2F)CCCO1. The second kappa shape index (κ2) is 5.36. The minimum Gasteiger partial charge on any atom is -0.373 e. The van der Waals surface area contributed by atoms with Gasteiger partial charge in [0, 0.05) is 13.2 Å². The van der Waals surface area contributed by atoms with Gasteiger partial charge in [-0.1, -0.05) is 6.07 Å². The Morgan fingerprint density at radius 1 is 1.61 bits per heavy atom. The average Bonchev–Trinajstić information content (AvgIpc) is 2.77. The molecule has 1 N–H and O–H groups in total. The molecule has 1 fully saturated rings. The Hall–Kier alpha value is -0.940. The summed E-state index contributed by atoms with van der Waals surface area (Å²) in [4.78, 5) is 11.9. The monoisotopic (exact) mass is 315 g/mol. The number of halogens is 2. The maximum Gasteiger partial charge on any atom is 0.254 e. The molecule has 0 radical (unpaired) electrons. The molecule has 1 atom stereocenters. The van der Waals surface area contributed by atoms with Gasteiger partial charge >= 0.3 is 0 Å². The van der Waals surface area contributed by atoms with Crippen LogP contribution < -0.4 is 5.32 Å². The van der Waals surface area contributed by atoms with E-state index in [1.54, 1.807) is 12.1 Å². The van der Waals surface area contributed by atoms with E-state index in [1.807, 2.05) is 6.92 Å². The number of benzene rings is 1. The molecule has 1 unspecified atom stereocenters. The highest BCUT2D eigenvalue weighted by Gasteiger charge is 2.30. The van der Waals surface area contributed by atoms with Crippen molar-refractivity contribution >= 4 is 21.8 Å². The van der Waals surface area contributed by atoms with E-state index in [0.29, 0.717) is 11.0 Å². The molecule has 0 spiro atoms. The number of hydrogen-bond acceptors (Lipinski definition) is 2. The molecule has 98 valence electrons. The first kappa shape index (κ1) is 13.5. The van der Waals surface area contributed by atoms with Crippen LogP contribution in [0.3, 0.4) is 0 Å². The predicted molar refractivity (Wildman–Crippen MR) is 70.0 cm³/mol. The van der Waals surface area contributed by atoms with Crippen LogP contribution in [0.25, 0.3) is 0 Å². The first-order valence-corrected chi connectivity index (χ1v) is 6.67. The number of amides is 1. The van der Waals surface area contributed by atoms with Crippen molar-refractivity contribution in [1.82, 2.24) is 5.32 Å². The highest BCUT2D eigenvalue weighted by atomic mass is 79.9. The summed E-state index contributed by atoms with van der Waals surface area (Å²) in [6.45, 7) is 3.08. The average molecular weight is 316 g/mol. The van der Waals surface area contributed by atoms with Crippen LogP contribution in [0.1, 0.15) is 30.1 Å². The van der Waals surface area contributed by atoms with E-state index in [4.69, 9.17) is 4.74 Å². The van der Waals surface area contributed by atoms with E-state index in [2.05, 4.69) is 21.2 Å². The summed E-state index contributed by atoms with van der Waals surface area (Å²) in [7, 11) is 0. The van der Waals surface area contributed by atoms with E-state index in [-0.39, 0.29) is 11.2 Å². The van der Waals surface area contributed by atoms with Crippen molar-refractivity contribution in [3.05, 3.63) is 34.1 Å². The van der Waals surface area contributed by atoms with E-state index in [9.17, 15) is 9.18 Å². The minimum atomic E-state index is -0.535.